The number of aryl methyl sites for hydroxylation is 1. The molecule has 0 aliphatic carbocycles. The Hall–Kier alpha value is -1.84. The highest BCUT2D eigenvalue weighted by Crippen LogP contribution is 2.16. The van der Waals surface area contributed by atoms with Crippen LogP contribution in [0.25, 0.3) is 11.0 Å². The minimum Gasteiger partial charge on any atom is -0.342 e. The molecule has 1 amide bonds. The lowest BCUT2D eigenvalue weighted by atomic mass is 10.1. The van der Waals surface area contributed by atoms with Crippen LogP contribution in [0.3, 0.4) is 0 Å². The molecule has 1 saturated heterocycles. The van der Waals surface area contributed by atoms with Gasteiger partial charge in [-0.15, -0.1) is 0 Å². The normalized spacial score (nSPS) is 15.5. The topological polar surface area (TPSA) is 49.0 Å². The molecule has 1 aliphatic heterocycles. The SMILES string of the molecule is Cc1nc2ccc(CC(=O)N3CCCC3)cc2[nH]1. The fraction of sp³-hybridized carbons (Fsp3) is 0.429. The van der Waals surface area contributed by atoms with E-state index >= 15 is 0 Å². The highest BCUT2D eigenvalue weighted by Gasteiger charge is 2.18. The summed E-state index contributed by atoms with van der Waals surface area (Å²) < 4.78 is 0. The molecule has 18 heavy (non-hydrogen) atoms. The first-order valence-electron chi connectivity index (χ1n) is 6.45. The zero-order valence-electron chi connectivity index (χ0n) is 10.6. The molecule has 4 nitrogen and oxygen atoms in total. The number of carbonyl (C=O) groups is 1. The van der Waals surface area contributed by atoms with Crippen molar-refractivity contribution in [3.8, 4) is 0 Å². The number of H-pyrrole nitrogens is 1. The summed E-state index contributed by atoms with van der Waals surface area (Å²) in [5, 5.41) is 0. The number of rotatable bonds is 2. The largest absolute Gasteiger partial charge is 0.342 e. The highest BCUT2D eigenvalue weighted by molar-refractivity contribution is 5.82. The lowest BCUT2D eigenvalue weighted by Gasteiger charge is -2.14. The zero-order chi connectivity index (χ0) is 12.5. The lowest BCUT2D eigenvalue weighted by molar-refractivity contribution is -0.129. The summed E-state index contributed by atoms with van der Waals surface area (Å²) >= 11 is 0. The number of benzene rings is 1. The minimum absolute atomic E-state index is 0.239. The monoisotopic (exact) mass is 243 g/mol. The maximum absolute atomic E-state index is 12.1. The van der Waals surface area contributed by atoms with E-state index in [4.69, 9.17) is 0 Å². The van der Waals surface area contributed by atoms with Gasteiger partial charge >= 0.3 is 0 Å². The molecule has 0 saturated carbocycles. The molecule has 2 heterocycles. The second kappa shape index (κ2) is 4.44. The molecule has 1 aliphatic rings. The van der Waals surface area contributed by atoms with Crippen LogP contribution >= 0.6 is 0 Å². The van der Waals surface area contributed by atoms with Gasteiger partial charge in [0.1, 0.15) is 5.82 Å². The van der Waals surface area contributed by atoms with E-state index in [0.717, 1.165) is 48.4 Å². The summed E-state index contributed by atoms with van der Waals surface area (Å²) in [5.41, 5.74) is 3.03. The van der Waals surface area contributed by atoms with Crippen LogP contribution in [0.5, 0.6) is 0 Å². The van der Waals surface area contributed by atoms with Crippen molar-refractivity contribution in [2.24, 2.45) is 0 Å². The van der Waals surface area contributed by atoms with Gasteiger partial charge in [-0.1, -0.05) is 6.07 Å². The third-order valence-corrected chi connectivity index (χ3v) is 3.48. The van der Waals surface area contributed by atoms with Crippen molar-refractivity contribution in [1.82, 2.24) is 14.9 Å². The number of imidazole rings is 1. The summed E-state index contributed by atoms with van der Waals surface area (Å²) in [6.07, 6.45) is 2.78. The maximum Gasteiger partial charge on any atom is 0.226 e. The van der Waals surface area contributed by atoms with Crippen LogP contribution in [0.4, 0.5) is 0 Å². The molecular formula is C14H17N3O. The molecule has 0 spiro atoms. The van der Waals surface area contributed by atoms with Gasteiger partial charge in [0.25, 0.3) is 0 Å². The van der Waals surface area contributed by atoms with E-state index < -0.39 is 0 Å². The number of amides is 1. The van der Waals surface area contributed by atoms with E-state index in [0.29, 0.717) is 6.42 Å². The Kier molecular flexibility index (Phi) is 2.78. The second-order valence-corrected chi connectivity index (χ2v) is 4.94. The van der Waals surface area contributed by atoms with E-state index in [1.165, 1.54) is 0 Å². The third-order valence-electron chi connectivity index (χ3n) is 3.48. The van der Waals surface area contributed by atoms with Gasteiger partial charge in [0, 0.05) is 13.1 Å². The molecule has 4 heteroatoms. The van der Waals surface area contributed by atoms with Crippen molar-refractivity contribution in [2.45, 2.75) is 26.2 Å². The smallest absolute Gasteiger partial charge is 0.226 e. The Morgan fingerprint density at radius 1 is 1.39 bits per heavy atom. The first-order chi connectivity index (χ1) is 8.72. The number of fused-ring (bicyclic) bond motifs is 1. The van der Waals surface area contributed by atoms with Gasteiger partial charge in [-0.2, -0.15) is 0 Å². The van der Waals surface area contributed by atoms with Gasteiger partial charge in [-0.3, -0.25) is 4.79 Å². The maximum atomic E-state index is 12.1. The van der Waals surface area contributed by atoms with Crippen molar-refractivity contribution in [3.63, 3.8) is 0 Å². The van der Waals surface area contributed by atoms with Gasteiger partial charge in [-0.25, -0.2) is 4.98 Å². The summed E-state index contributed by atoms with van der Waals surface area (Å²) in [5.74, 6) is 1.15. The number of likely N-dealkylation sites (tertiary alicyclic amines) is 1. The second-order valence-electron chi connectivity index (χ2n) is 4.94. The van der Waals surface area contributed by atoms with Crippen LogP contribution in [0.2, 0.25) is 0 Å². The Balaban J connectivity index is 1.79. The number of nitrogens with one attached hydrogen (secondary N) is 1. The average Bonchev–Trinajstić information content (AvgIpc) is 2.95. The molecule has 0 unspecified atom stereocenters. The molecule has 0 atom stereocenters. The standard InChI is InChI=1S/C14H17N3O/c1-10-15-12-5-4-11(8-13(12)16-10)9-14(18)17-6-2-3-7-17/h4-5,8H,2-3,6-7,9H2,1H3,(H,15,16). The predicted octanol–water partition coefficient (Wildman–Crippen LogP) is 2.04. The minimum atomic E-state index is 0.239. The first kappa shape index (κ1) is 11.3. The Bertz CT molecular complexity index is 582. The van der Waals surface area contributed by atoms with Crippen molar-refractivity contribution < 1.29 is 4.79 Å². The Morgan fingerprint density at radius 2 is 2.17 bits per heavy atom. The number of aromatic amines is 1. The van der Waals surface area contributed by atoms with Gasteiger partial charge in [0.2, 0.25) is 5.91 Å². The molecule has 1 aromatic carbocycles. The number of hydrogen-bond acceptors (Lipinski definition) is 2. The summed E-state index contributed by atoms with van der Waals surface area (Å²) in [4.78, 5) is 21.6. The fourth-order valence-electron chi connectivity index (χ4n) is 2.55. The van der Waals surface area contributed by atoms with Crippen LogP contribution < -0.4 is 0 Å². The number of carbonyl (C=O) groups excluding carboxylic acids is 1. The molecule has 3 rings (SSSR count). The fourth-order valence-corrected chi connectivity index (χ4v) is 2.55. The van der Waals surface area contributed by atoms with Crippen molar-refractivity contribution in [3.05, 3.63) is 29.6 Å². The Morgan fingerprint density at radius 3 is 2.94 bits per heavy atom. The molecule has 1 fully saturated rings. The lowest BCUT2D eigenvalue weighted by Crippen LogP contribution is -2.29. The van der Waals surface area contributed by atoms with Crippen molar-refractivity contribution in [1.29, 1.82) is 0 Å². The van der Waals surface area contributed by atoms with E-state index in [9.17, 15) is 4.79 Å². The summed E-state index contributed by atoms with van der Waals surface area (Å²) in [6, 6.07) is 6.01. The molecular weight excluding hydrogens is 226 g/mol. The van der Waals surface area contributed by atoms with Crippen LogP contribution in [0.15, 0.2) is 18.2 Å². The third kappa shape index (κ3) is 2.10. The zero-order valence-corrected chi connectivity index (χ0v) is 10.6. The quantitative estimate of drug-likeness (QED) is 0.877. The van der Waals surface area contributed by atoms with Crippen molar-refractivity contribution in [2.75, 3.05) is 13.1 Å². The molecule has 94 valence electrons. The molecule has 2 aromatic rings. The average molecular weight is 243 g/mol. The van der Waals surface area contributed by atoms with Crippen LogP contribution in [0, 0.1) is 6.92 Å². The van der Waals surface area contributed by atoms with E-state index in [2.05, 4.69) is 9.97 Å². The molecule has 1 N–H and O–H groups in total. The van der Waals surface area contributed by atoms with E-state index in [1.807, 2.05) is 30.0 Å². The molecule has 0 radical (unpaired) electrons. The van der Waals surface area contributed by atoms with E-state index in [-0.39, 0.29) is 5.91 Å². The van der Waals surface area contributed by atoms with Crippen LogP contribution in [0.1, 0.15) is 24.2 Å². The number of nitrogens with zero attached hydrogens (tertiary/aromatic N) is 2. The first-order valence-corrected chi connectivity index (χ1v) is 6.45. The van der Waals surface area contributed by atoms with Gasteiger partial charge in [0.15, 0.2) is 0 Å². The van der Waals surface area contributed by atoms with E-state index in [1.54, 1.807) is 0 Å². The van der Waals surface area contributed by atoms with Gasteiger partial charge in [-0.05, 0) is 37.5 Å². The number of aromatic nitrogens is 2. The van der Waals surface area contributed by atoms with Crippen molar-refractivity contribution >= 4 is 16.9 Å². The van der Waals surface area contributed by atoms with Crippen LogP contribution in [-0.2, 0) is 11.2 Å². The van der Waals surface area contributed by atoms with Crippen LogP contribution in [-0.4, -0.2) is 33.9 Å². The molecule has 0 bridgehead atoms. The number of hydrogen-bond donors (Lipinski definition) is 1. The highest BCUT2D eigenvalue weighted by atomic mass is 16.2. The summed E-state index contributed by atoms with van der Waals surface area (Å²) in [6.45, 7) is 3.78. The predicted molar refractivity (Wildman–Crippen MR) is 70.3 cm³/mol. The van der Waals surface area contributed by atoms with Gasteiger partial charge in [0.05, 0.1) is 17.5 Å². The summed E-state index contributed by atoms with van der Waals surface area (Å²) in [7, 11) is 0. The molecule has 1 aromatic heterocycles. The van der Waals surface area contributed by atoms with Gasteiger partial charge < -0.3 is 9.88 Å². The Labute approximate surface area is 106 Å².